The monoisotopic (exact) mass is 420 g/mol. The Labute approximate surface area is 179 Å². The van der Waals surface area contributed by atoms with Gasteiger partial charge in [0.1, 0.15) is 12.4 Å². The summed E-state index contributed by atoms with van der Waals surface area (Å²) < 4.78 is 24.7. The van der Waals surface area contributed by atoms with Crippen molar-refractivity contribution in [3.8, 4) is 11.5 Å². The Hall–Kier alpha value is -3.93. The van der Waals surface area contributed by atoms with E-state index in [2.05, 4.69) is 0 Å². The van der Waals surface area contributed by atoms with Crippen molar-refractivity contribution in [2.24, 2.45) is 0 Å². The van der Waals surface area contributed by atoms with E-state index in [1.165, 1.54) is 18.2 Å². The topological polar surface area (TPSA) is 72.8 Å². The highest BCUT2D eigenvalue weighted by Crippen LogP contribution is 2.30. The third-order valence-corrected chi connectivity index (χ3v) is 4.35. The van der Waals surface area contributed by atoms with Gasteiger partial charge in [-0.2, -0.15) is 0 Å². The average Bonchev–Trinajstić information content (AvgIpc) is 2.76. The minimum absolute atomic E-state index is 0.0540. The first kappa shape index (κ1) is 21.8. The van der Waals surface area contributed by atoms with Gasteiger partial charge in [0.25, 0.3) is 0 Å². The van der Waals surface area contributed by atoms with Gasteiger partial charge in [0, 0.05) is 12.5 Å². The second kappa shape index (κ2) is 10.7. The first-order chi connectivity index (χ1) is 15.0. The van der Waals surface area contributed by atoms with Gasteiger partial charge in [0.2, 0.25) is 0 Å². The molecule has 0 bridgehead atoms. The summed E-state index contributed by atoms with van der Waals surface area (Å²) in [7, 11) is 0. The number of carboxylic acids is 1. The molecule has 3 aromatic rings. The lowest BCUT2D eigenvalue weighted by atomic mass is 10.1. The molecule has 6 heteroatoms. The molecule has 158 valence electrons. The molecule has 1 N–H and O–H groups in total. The molecular weight excluding hydrogens is 399 g/mol. The van der Waals surface area contributed by atoms with Gasteiger partial charge in [0.15, 0.2) is 11.5 Å². The van der Waals surface area contributed by atoms with Crippen LogP contribution in [-0.2, 0) is 22.6 Å². The fourth-order valence-electron chi connectivity index (χ4n) is 2.85. The van der Waals surface area contributed by atoms with Crippen molar-refractivity contribution in [3.63, 3.8) is 0 Å². The van der Waals surface area contributed by atoms with E-state index < -0.39 is 11.9 Å². The van der Waals surface area contributed by atoms with E-state index in [1.54, 1.807) is 30.3 Å². The molecule has 0 aromatic heterocycles. The molecule has 3 aromatic carbocycles. The molecule has 0 aliphatic heterocycles. The van der Waals surface area contributed by atoms with Crippen molar-refractivity contribution in [1.29, 1.82) is 0 Å². The summed E-state index contributed by atoms with van der Waals surface area (Å²) in [5.41, 5.74) is 2.18. The molecule has 0 aliphatic rings. The molecular formula is C25H21FO5. The van der Waals surface area contributed by atoms with Crippen LogP contribution in [0, 0.1) is 5.82 Å². The number of hydrogen-bond donors (Lipinski definition) is 1. The van der Waals surface area contributed by atoms with Gasteiger partial charge in [-0.15, -0.1) is 0 Å². The number of benzene rings is 3. The molecule has 0 saturated carbocycles. The molecule has 31 heavy (non-hydrogen) atoms. The number of aryl methyl sites for hydroxylation is 1. The van der Waals surface area contributed by atoms with Gasteiger partial charge in [-0.25, -0.2) is 9.18 Å². The standard InChI is InChI=1S/C25H21FO5/c26-21-8-4-7-20(15-21)17-30-23-16-19(10-13-24(27)28)9-12-22(23)31-25(29)14-11-18-5-2-1-3-6-18/h1-10,12-13,15-16H,11,14,17H2,(H,27,28)/b13-10+. The van der Waals surface area contributed by atoms with Crippen LogP contribution in [0.1, 0.15) is 23.1 Å². The van der Waals surface area contributed by atoms with Gasteiger partial charge < -0.3 is 14.6 Å². The zero-order valence-corrected chi connectivity index (χ0v) is 16.7. The summed E-state index contributed by atoms with van der Waals surface area (Å²) in [5.74, 6) is -1.43. The van der Waals surface area contributed by atoms with Gasteiger partial charge in [-0.1, -0.05) is 48.5 Å². The highest BCUT2D eigenvalue weighted by atomic mass is 19.1. The van der Waals surface area contributed by atoms with Crippen molar-refractivity contribution in [3.05, 3.63) is 101 Å². The van der Waals surface area contributed by atoms with Crippen LogP contribution in [0.25, 0.3) is 6.08 Å². The van der Waals surface area contributed by atoms with Crippen LogP contribution < -0.4 is 9.47 Å². The lowest BCUT2D eigenvalue weighted by molar-refractivity contribution is -0.134. The number of aliphatic carboxylic acids is 1. The largest absolute Gasteiger partial charge is 0.485 e. The highest BCUT2D eigenvalue weighted by molar-refractivity contribution is 5.85. The second-order valence-corrected chi connectivity index (χ2v) is 6.76. The van der Waals surface area contributed by atoms with Crippen molar-refractivity contribution in [1.82, 2.24) is 0 Å². The molecule has 0 amide bonds. The number of carbonyl (C=O) groups excluding carboxylic acids is 1. The van der Waals surface area contributed by atoms with Crippen molar-refractivity contribution in [2.45, 2.75) is 19.4 Å². The van der Waals surface area contributed by atoms with E-state index >= 15 is 0 Å². The minimum atomic E-state index is -1.08. The average molecular weight is 420 g/mol. The van der Waals surface area contributed by atoms with Crippen LogP contribution in [0.4, 0.5) is 4.39 Å². The lowest BCUT2D eigenvalue weighted by Gasteiger charge is -2.13. The van der Waals surface area contributed by atoms with Crippen molar-refractivity contribution in [2.75, 3.05) is 0 Å². The fraction of sp³-hybridized carbons (Fsp3) is 0.120. The Morgan fingerprint density at radius 3 is 2.42 bits per heavy atom. The van der Waals surface area contributed by atoms with Crippen LogP contribution in [0.5, 0.6) is 11.5 Å². The molecule has 0 radical (unpaired) electrons. The molecule has 0 saturated heterocycles. The van der Waals surface area contributed by atoms with Gasteiger partial charge in [-0.05, 0) is 53.5 Å². The van der Waals surface area contributed by atoms with E-state index in [1.807, 2.05) is 30.3 Å². The molecule has 0 spiro atoms. The van der Waals surface area contributed by atoms with E-state index in [4.69, 9.17) is 14.6 Å². The van der Waals surface area contributed by atoms with E-state index in [-0.39, 0.29) is 30.3 Å². The zero-order valence-electron chi connectivity index (χ0n) is 16.7. The van der Waals surface area contributed by atoms with Crippen molar-refractivity contribution < 1.29 is 28.6 Å². The second-order valence-electron chi connectivity index (χ2n) is 6.76. The van der Waals surface area contributed by atoms with Crippen LogP contribution in [-0.4, -0.2) is 17.0 Å². The van der Waals surface area contributed by atoms with E-state index in [0.29, 0.717) is 17.5 Å². The summed E-state index contributed by atoms with van der Waals surface area (Å²) in [6, 6.07) is 20.3. The van der Waals surface area contributed by atoms with Gasteiger partial charge in [-0.3, -0.25) is 4.79 Å². The van der Waals surface area contributed by atoms with E-state index in [9.17, 15) is 14.0 Å². The minimum Gasteiger partial charge on any atom is -0.485 e. The summed E-state index contributed by atoms with van der Waals surface area (Å²) in [4.78, 5) is 23.1. The van der Waals surface area contributed by atoms with Crippen LogP contribution in [0.15, 0.2) is 78.9 Å². The first-order valence-electron chi connectivity index (χ1n) is 9.66. The van der Waals surface area contributed by atoms with Crippen LogP contribution in [0.3, 0.4) is 0 Å². The number of esters is 1. The number of carboxylic acid groups (broad SMARTS) is 1. The molecule has 0 unspecified atom stereocenters. The zero-order chi connectivity index (χ0) is 22.1. The lowest BCUT2D eigenvalue weighted by Crippen LogP contribution is -2.10. The highest BCUT2D eigenvalue weighted by Gasteiger charge is 2.12. The Balaban J connectivity index is 1.73. The maximum Gasteiger partial charge on any atom is 0.328 e. The molecule has 5 nitrogen and oxygen atoms in total. The Morgan fingerprint density at radius 1 is 0.903 bits per heavy atom. The summed E-state index contributed by atoms with van der Waals surface area (Å²) in [6.45, 7) is 0.0540. The third-order valence-electron chi connectivity index (χ3n) is 4.35. The van der Waals surface area contributed by atoms with E-state index in [0.717, 1.165) is 11.6 Å². The van der Waals surface area contributed by atoms with Crippen molar-refractivity contribution >= 4 is 18.0 Å². The Morgan fingerprint density at radius 2 is 1.68 bits per heavy atom. The maximum atomic E-state index is 13.4. The fourth-order valence-corrected chi connectivity index (χ4v) is 2.85. The molecule has 0 atom stereocenters. The number of hydrogen-bond acceptors (Lipinski definition) is 4. The number of carbonyl (C=O) groups is 2. The maximum absolute atomic E-state index is 13.4. The molecule has 0 aliphatic carbocycles. The van der Waals surface area contributed by atoms with Gasteiger partial charge in [0.05, 0.1) is 0 Å². The SMILES string of the molecule is O=C(O)/C=C/c1ccc(OC(=O)CCc2ccccc2)c(OCc2cccc(F)c2)c1. The summed E-state index contributed by atoms with van der Waals surface area (Å²) >= 11 is 0. The normalized spacial score (nSPS) is 10.7. The number of rotatable bonds is 9. The summed E-state index contributed by atoms with van der Waals surface area (Å²) in [6.07, 6.45) is 3.13. The smallest absolute Gasteiger partial charge is 0.328 e. The van der Waals surface area contributed by atoms with Gasteiger partial charge >= 0.3 is 11.9 Å². The Bertz CT molecular complexity index is 1080. The number of halogens is 1. The van der Waals surface area contributed by atoms with Crippen LogP contribution in [0.2, 0.25) is 0 Å². The first-order valence-corrected chi connectivity index (χ1v) is 9.66. The predicted molar refractivity (Wildman–Crippen MR) is 114 cm³/mol. The third kappa shape index (κ3) is 7.12. The Kier molecular flexibility index (Phi) is 7.54. The quantitative estimate of drug-likeness (QED) is 0.298. The molecule has 3 rings (SSSR count). The summed E-state index contributed by atoms with van der Waals surface area (Å²) in [5, 5.41) is 8.83. The predicted octanol–water partition coefficient (Wildman–Crippen LogP) is 5.04. The van der Waals surface area contributed by atoms with Crippen LogP contribution >= 0.6 is 0 Å². The molecule has 0 heterocycles. The number of ether oxygens (including phenoxy) is 2. The molecule has 0 fully saturated rings.